The molecule has 0 unspecified atom stereocenters. The molecule has 0 saturated carbocycles. The molecule has 0 saturated heterocycles. The van der Waals surface area contributed by atoms with Crippen molar-refractivity contribution >= 4 is 52.2 Å². The molecule has 8 nitrogen and oxygen atoms in total. The third kappa shape index (κ3) is 6.67. The molecule has 4 aromatic rings. The Labute approximate surface area is 221 Å². The fraction of sp³-hybridized carbons (Fsp3) is 0.160. The Balaban J connectivity index is 1.49. The highest BCUT2D eigenvalue weighted by Crippen LogP contribution is 2.26. The van der Waals surface area contributed by atoms with Gasteiger partial charge < -0.3 is 5.32 Å². The average molecular weight is 597 g/mol. The smallest absolute Gasteiger partial charge is 0.253 e. The molecule has 178 valence electrons. The number of aromatic nitrogens is 4. The van der Waals surface area contributed by atoms with Gasteiger partial charge in [-0.2, -0.15) is 5.10 Å². The van der Waals surface area contributed by atoms with Gasteiger partial charge in [-0.05, 0) is 84.5 Å². The Hall–Kier alpha value is -3.25. The van der Waals surface area contributed by atoms with Crippen LogP contribution in [-0.4, -0.2) is 37.1 Å². The van der Waals surface area contributed by atoms with Crippen LogP contribution in [0.5, 0.6) is 0 Å². The Morgan fingerprint density at radius 1 is 1.14 bits per heavy atom. The first-order valence-electron chi connectivity index (χ1n) is 10.9. The monoisotopic (exact) mass is 597 g/mol. The average Bonchev–Trinajstić information content (AvgIpc) is 3.26. The van der Waals surface area contributed by atoms with E-state index in [9.17, 15) is 4.79 Å². The number of hydrogen-bond donors (Lipinski definition) is 2. The molecular formula is C25H24IN7OS. The number of pyridine rings is 1. The number of aryl methyl sites for hydroxylation is 1. The van der Waals surface area contributed by atoms with Gasteiger partial charge in [0.15, 0.2) is 11.0 Å². The number of nitrogens with zero attached hydrogens (tertiary/aromatic N) is 5. The highest BCUT2D eigenvalue weighted by molar-refractivity contribution is 14.1. The van der Waals surface area contributed by atoms with Crippen LogP contribution in [0.1, 0.15) is 24.0 Å². The molecule has 35 heavy (non-hydrogen) atoms. The number of benzene rings is 2. The van der Waals surface area contributed by atoms with E-state index < -0.39 is 5.25 Å². The van der Waals surface area contributed by atoms with E-state index in [4.69, 9.17) is 0 Å². The van der Waals surface area contributed by atoms with E-state index in [0.29, 0.717) is 17.4 Å². The van der Waals surface area contributed by atoms with Crippen LogP contribution >= 0.6 is 34.4 Å². The molecule has 0 aliphatic rings. The zero-order valence-corrected chi connectivity index (χ0v) is 22.2. The van der Waals surface area contributed by atoms with Gasteiger partial charge in [0.2, 0.25) is 0 Å². The lowest BCUT2D eigenvalue weighted by Gasteiger charge is -2.14. The Morgan fingerprint density at radius 2 is 1.94 bits per heavy atom. The molecular weight excluding hydrogens is 573 g/mol. The van der Waals surface area contributed by atoms with Crippen LogP contribution in [0.3, 0.4) is 0 Å². The number of nitrogens with one attached hydrogen (secondary N) is 2. The second kappa shape index (κ2) is 11.9. The second-order valence-electron chi connectivity index (χ2n) is 7.63. The van der Waals surface area contributed by atoms with E-state index in [2.05, 4.69) is 78.7 Å². The number of para-hydroxylation sites is 1. The normalized spacial score (nSPS) is 12.0. The summed E-state index contributed by atoms with van der Waals surface area (Å²) in [6, 6.07) is 21.6. The van der Waals surface area contributed by atoms with Gasteiger partial charge >= 0.3 is 0 Å². The minimum absolute atomic E-state index is 0.237. The number of hydrazone groups is 1. The van der Waals surface area contributed by atoms with Crippen LogP contribution in [0.15, 0.2) is 83.2 Å². The molecule has 2 aromatic carbocycles. The summed E-state index contributed by atoms with van der Waals surface area (Å²) < 4.78 is 3.16. The van der Waals surface area contributed by atoms with Crippen molar-refractivity contribution in [1.29, 1.82) is 0 Å². The highest BCUT2D eigenvalue weighted by Gasteiger charge is 2.21. The van der Waals surface area contributed by atoms with E-state index in [1.807, 2.05) is 60.0 Å². The van der Waals surface area contributed by atoms with Gasteiger partial charge in [0.25, 0.3) is 5.91 Å². The maximum absolute atomic E-state index is 12.6. The van der Waals surface area contributed by atoms with Gasteiger partial charge in [-0.15, -0.1) is 10.2 Å². The number of carbonyl (C=O) groups excluding carboxylic acids is 1. The van der Waals surface area contributed by atoms with Crippen LogP contribution in [0, 0.1) is 10.5 Å². The van der Waals surface area contributed by atoms with Crippen molar-refractivity contribution in [2.24, 2.45) is 5.10 Å². The van der Waals surface area contributed by atoms with Crippen molar-refractivity contribution in [2.45, 2.75) is 30.8 Å². The summed E-state index contributed by atoms with van der Waals surface area (Å²) in [7, 11) is 0. The molecule has 2 heterocycles. The van der Waals surface area contributed by atoms with Crippen molar-refractivity contribution < 1.29 is 4.79 Å². The van der Waals surface area contributed by atoms with E-state index in [-0.39, 0.29) is 5.91 Å². The van der Waals surface area contributed by atoms with Crippen molar-refractivity contribution in [3.05, 3.63) is 93.6 Å². The van der Waals surface area contributed by atoms with E-state index in [0.717, 1.165) is 22.8 Å². The van der Waals surface area contributed by atoms with Crippen molar-refractivity contribution in [3.63, 3.8) is 0 Å². The SMILES string of the molecule is Cc1cc(I)ccc1NCc1nnc(S[C@@H](C)C(=O)N/N=C\c2ccccn2)n1-c1ccccc1. The van der Waals surface area contributed by atoms with Crippen LogP contribution in [0.4, 0.5) is 5.69 Å². The Kier molecular flexibility index (Phi) is 8.48. The molecule has 1 amide bonds. The lowest BCUT2D eigenvalue weighted by Crippen LogP contribution is -2.27. The molecule has 2 aromatic heterocycles. The molecule has 0 spiro atoms. The number of rotatable bonds is 9. The summed E-state index contributed by atoms with van der Waals surface area (Å²) >= 11 is 3.63. The van der Waals surface area contributed by atoms with Crippen molar-refractivity contribution in [3.8, 4) is 5.69 Å². The number of amides is 1. The van der Waals surface area contributed by atoms with E-state index >= 15 is 0 Å². The molecule has 4 rings (SSSR count). The summed E-state index contributed by atoms with van der Waals surface area (Å²) in [5.74, 6) is 0.511. The zero-order chi connectivity index (χ0) is 24.6. The predicted molar refractivity (Wildman–Crippen MR) is 148 cm³/mol. The lowest BCUT2D eigenvalue weighted by atomic mass is 10.2. The molecule has 0 bridgehead atoms. The van der Waals surface area contributed by atoms with E-state index in [1.165, 1.54) is 21.5 Å². The fourth-order valence-electron chi connectivity index (χ4n) is 3.24. The van der Waals surface area contributed by atoms with Gasteiger partial charge in [-0.1, -0.05) is 36.0 Å². The third-order valence-electron chi connectivity index (χ3n) is 5.05. The third-order valence-corrected chi connectivity index (χ3v) is 6.76. The van der Waals surface area contributed by atoms with Gasteiger partial charge in [-0.25, -0.2) is 5.43 Å². The largest absolute Gasteiger partial charge is 0.378 e. The standard InChI is InChI=1S/C25H24IN7OS/c1-17-14-19(26)11-12-22(17)28-16-23-30-32-25(33(23)21-9-4-3-5-10-21)35-18(2)24(34)31-29-15-20-8-6-7-13-27-20/h3-15,18,28H,16H2,1-2H3,(H,31,34)/b29-15-/t18-/m0/s1. The lowest BCUT2D eigenvalue weighted by molar-refractivity contribution is -0.120. The number of carbonyl (C=O) groups is 1. The summed E-state index contributed by atoms with van der Waals surface area (Å²) in [4.78, 5) is 16.8. The molecule has 2 N–H and O–H groups in total. The first-order chi connectivity index (χ1) is 17.0. The van der Waals surface area contributed by atoms with Gasteiger partial charge in [0.05, 0.1) is 23.7 Å². The van der Waals surface area contributed by atoms with Crippen molar-refractivity contribution in [2.75, 3.05) is 5.32 Å². The zero-order valence-electron chi connectivity index (χ0n) is 19.2. The first-order valence-corrected chi connectivity index (χ1v) is 12.9. The molecule has 0 fully saturated rings. The number of thioether (sulfide) groups is 1. The van der Waals surface area contributed by atoms with Gasteiger partial charge in [0.1, 0.15) is 0 Å². The summed E-state index contributed by atoms with van der Waals surface area (Å²) in [6.45, 7) is 4.37. The maximum atomic E-state index is 12.6. The minimum Gasteiger partial charge on any atom is -0.378 e. The molecule has 1 atom stereocenters. The van der Waals surface area contributed by atoms with Gasteiger partial charge in [0, 0.05) is 21.1 Å². The number of hydrogen-bond acceptors (Lipinski definition) is 7. The summed E-state index contributed by atoms with van der Waals surface area (Å²) in [5, 5.41) is 16.5. The molecule has 10 heteroatoms. The Morgan fingerprint density at radius 3 is 2.69 bits per heavy atom. The number of anilines is 1. The van der Waals surface area contributed by atoms with E-state index in [1.54, 1.807) is 6.20 Å². The summed E-state index contributed by atoms with van der Waals surface area (Å²) in [5.41, 5.74) is 6.37. The Bertz CT molecular complexity index is 1310. The minimum atomic E-state index is -0.443. The second-order valence-corrected chi connectivity index (χ2v) is 10.2. The quantitative estimate of drug-likeness (QED) is 0.124. The maximum Gasteiger partial charge on any atom is 0.253 e. The topological polar surface area (TPSA) is 97.1 Å². The van der Waals surface area contributed by atoms with Crippen LogP contribution in [0.25, 0.3) is 5.69 Å². The van der Waals surface area contributed by atoms with Crippen LogP contribution in [0.2, 0.25) is 0 Å². The van der Waals surface area contributed by atoms with Crippen LogP contribution in [-0.2, 0) is 11.3 Å². The highest BCUT2D eigenvalue weighted by atomic mass is 127. The summed E-state index contributed by atoms with van der Waals surface area (Å²) in [6.07, 6.45) is 3.18. The first kappa shape index (κ1) is 24.9. The number of halogens is 1. The van der Waals surface area contributed by atoms with Crippen LogP contribution < -0.4 is 10.7 Å². The van der Waals surface area contributed by atoms with Crippen molar-refractivity contribution in [1.82, 2.24) is 25.2 Å². The molecule has 0 aliphatic carbocycles. The van der Waals surface area contributed by atoms with Gasteiger partial charge in [-0.3, -0.25) is 14.3 Å². The molecule has 0 radical (unpaired) electrons. The molecule has 0 aliphatic heterocycles. The predicted octanol–water partition coefficient (Wildman–Crippen LogP) is 4.82. The fourth-order valence-corrected chi connectivity index (χ4v) is 4.77.